The molecule has 0 atom stereocenters. The van der Waals surface area contributed by atoms with Crippen LogP contribution in [0.25, 0.3) is 0 Å². The average molecular weight is 185 g/mol. The maximum atomic E-state index is 4.23. The van der Waals surface area contributed by atoms with Gasteiger partial charge in [0.1, 0.15) is 0 Å². The van der Waals surface area contributed by atoms with E-state index in [9.17, 15) is 0 Å². The molecular formula is C10H19NS. The van der Waals surface area contributed by atoms with Crippen LogP contribution in [0, 0.1) is 0 Å². The summed E-state index contributed by atoms with van der Waals surface area (Å²) in [4.78, 5) is 4.23. The fourth-order valence-corrected chi connectivity index (χ4v) is 2.40. The first-order valence-corrected chi connectivity index (χ1v) is 6.39. The lowest BCUT2D eigenvalue weighted by Gasteiger charge is -2.15. The first-order valence-electron chi connectivity index (χ1n) is 4.19. The minimum Gasteiger partial charge on any atom is -0.256 e. The summed E-state index contributed by atoms with van der Waals surface area (Å²) in [5.41, 5.74) is 4.38. The van der Waals surface area contributed by atoms with Crippen LogP contribution in [0.2, 0.25) is 0 Å². The zero-order chi connectivity index (χ0) is 9.78. The number of allylic oxidation sites excluding steroid dienone is 1. The highest BCUT2D eigenvalue weighted by Crippen LogP contribution is 2.25. The van der Waals surface area contributed by atoms with Gasteiger partial charge in [-0.3, -0.25) is 4.99 Å². The third-order valence-electron chi connectivity index (χ3n) is 1.59. The Labute approximate surface area is 76.7 Å². The van der Waals surface area contributed by atoms with Crippen molar-refractivity contribution in [3.8, 4) is 0 Å². The van der Waals surface area contributed by atoms with Crippen LogP contribution in [0.5, 0.6) is 0 Å². The first-order chi connectivity index (χ1) is 5.51. The molecule has 0 fully saturated rings. The topological polar surface area (TPSA) is 12.4 Å². The van der Waals surface area contributed by atoms with Gasteiger partial charge in [0, 0.05) is 17.0 Å². The fourth-order valence-electron chi connectivity index (χ4n) is 0.874. The van der Waals surface area contributed by atoms with Gasteiger partial charge in [0.15, 0.2) is 0 Å². The summed E-state index contributed by atoms with van der Waals surface area (Å²) in [5.74, 6) is 9.02. The van der Waals surface area contributed by atoms with Gasteiger partial charge in [-0.1, -0.05) is 25.6 Å². The normalized spacial score (nSPS) is 20.0. The van der Waals surface area contributed by atoms with Crippen molar-refractivity contribution in [2.45, 2.75) is 27.7 Å². The zero-order valence-corrected chi connectivity index (χ0v) is 9.37. The lowest BCUT2D eigenvalue weighted by atomic mass is 10.3. The van der Waals surface area contributed by atoms with Crippen LogP contribution in [-0.4, -0.2) is 23.0 Å². The largest absolute Gasteiger partial charge is 0.256 e. The highest BCUT2D eigenvalue weighted by molar-refractivity contribution is 8.38. The van der Waals surface area contributed by atoms with E-state index in [1.165, 1.54) is 5.57 Å². The molecule has 1 heterocycles. The summed E-state index contributed by atoms with van der Waals surface area (Å²) in [6.07, 6.45) is 0. The second-order valence-corrected chi connectivity index (χ2v) is 5.58. The van der Waals surface area contributed by atoms with Gasteiger partial charge in [-0.25, -0.2) is 0 Å². The van der Waals surface area contributed by atoms with Crippen molar-refractivity contribution in [2.75, 3.05) is 5.75 Å². The van der Waals surface area contributed by atoms with Crippen LogP contribution < -0.4 is 0 Å². The van der Waals surface area contributed by atoms with Crippen LogP contribution in [0.4, 0.5) is 0 Å². The van der Waals surface area contributed by atoms with Gasteiger partial charge in [-0.2, -0.15) is 9.21 Å². The minimum atomic E-state index is -1.01. The number of rotatable bonds is 0. The Kier molecular flexibility index (Phi) is 4.32. The third-order valence-corrected chi connectivity index (χ3v) is 3.15. The second kappa shape index (κ2) is 4.51. The maximum absolute atomic E-state index is 4.23. The molecule has 1 aliphatic rings. The Bertz CT molecular complexity index is 292. The molecule has 0 amide bonds. The molecule has 2 heteroatoms. The van der Waals surface area contributed by atoms with Crippen molar-refractivity contribution < 1.29 is 0 Å². The molecule has 1 rings (SSSR count). The molecule has 0 saturated carbocycles. The lowest BCUT2D eigenvalue weighted by Crippen LogP contribution is -1.98. The Morgan fingerprint density at radius 3 is 2.17 bits per heavy atom. The molecule has 0 N–H and O–H groups in total. The molecule has 0 aromatic heterocycles. The van der Waals surface area contributed by atoms with Crippen LogP contribution in [0.3, 0.4) is 0 Å². The summed E-state index contributed by atoms with van der Waals surface area (Å²) in [6, 6.07) is 0. The van der Waals surface area contributed by atoms with Gasteiger partial charge in [0.2, 0.25) is 0 Å². The Morgan fingerprint density at radius 1 is 1.33 bits per heavy atom. The first kappa shape index (κ1) is 11.5. The number of hydrogen-bond acceptors (Lipinski definition) is 1. The quantitative estimate of drug-likeness (QED) is 0.514. The van der Waals surface area contributed by atoms with Crippen LogP contribution in [-0.2, 0) is 0 Å². The molecule has 70 valence electrons. The van der Waals surface area contributed by atoms with Crippen molar-refractivity contribution in [3.63, 3.8) is 0 Å². The van der Waals surface area contributed by atoms with Crippen molar-refractivity contribution >= 4 is 26.5 Å². The highest BCUT2D eigenvalue weighted by atomic mass is 32.2. The summed E-state index contributed by atoms with van der Waals surface area (Å²) in [6.45, 7) is 8.13. The number of nitrogens with zero attached hydrogens (tertiary/aromatic N) is 1. The van der Waals surface area contributed by atoms with E-state index in [4.69, 9.17) is 0 Å². The Morgan fingerprint density at radius 2 is 1.83 bits per heavy atom. The van der Waals surface area contributed by atoms with E-state index in [0.29, 0.717) is 0 Å². The SMILES string of the molecule is C=S1(=C)C=NC(C)=C(C)C1.CC. The van der Waals surface area contributed by atoms with Crippen molar-refractivity contribution in [1.29, 1.82) is 0 Å². The second-order valence-electron chi connectivity index (χ2n) is 2.86. The van der Waals surface area contributed by atoms with Crippen LogP contribution in [0.15, 0.2) is 16.3 Å². The molecule has 0 spiro atoms. The molecule has 1 nitrogen and oxygen atoms in total. The van der Waals surface area contributed by atoms with E-state index >= 15 is 0 Å². The summed E-state index contributed by atoms with van der Waals surface area (Å²) in [5, 5.41) is 0. The molecule has 1 aliphatic heterocycles. The van der Waals surface area contributed by atoms with E-state index < -0.39 is 9.21 Å². The molecular weight excluding hydrogens is 166 g/mol. The number of hydrogen-bond donors (Lipinski definition) is 0. The minimum absolute atomic E-state index is 1.01. The van der Waals surface area contributed by atoms with Gasteiger partial charge in [0.05, 0.1) is 0 Å². The summed E-state index contributed by atoms with van der Waals surface area (Å²) >= 11 is 0. The Balaban J connectivity index is 0.000000561. The third kappa shape index (κ3) is 3.26. The van der Waals surface area contributed by atoms with E-state index in [0.717, 1.165) is 11.4 Å². The molecule has 0 aromatic rings. The van der Waals surface area contributed by atoms with E-state index in [-0.39, 0.29) is 0 Å². The number of aliphatic imine (C=N–C) groups is 1. The molecule has 0 radical (unpaired) electrons. The highest BCUT2D eigenvalue weighted by Gasteiger charge is 2.04. The van der Waals surface area contributed by atoms with E-state index in [2.05, 4.69) is 23.7 Å². The molecule has 0 bridgehead atoms. The van der Waals surface area contributed by atoms with Crippen molar-refractivity contribution in [1.82, 2.24) is 0 Å². The summed E-state index contributed by atoms with van der Waals surface area (Å²) < 4.78 is 0. The Hall–Kier alpha value is -0.500. The van der Waals surface area contributed by atoms with Crippen molar-refractivity contribution in [3.05, 3.63) is 11.3 Å². The molecule has 0 saturated heterocycles. The van der Waals surface area contributed by atoms with Gasteiger partial charge >= 0.3 is 0 Å². The van der Waals surface area contributed by atoms with Crippen LogP contribution >= 0.6 is 9.21 Å². The predicted molar refractivity (Wildman–Crippen MR) is 64.9 cm³/mol. The monoisotopic (exact) mass is 185 g/mol. The standard InChI is InChI=1S/C8H13NS.C2H6/c1-7-5-10(3,4)6-9-8(7)2;1-2/h6H,3-5H2,1-2H3;1-2H3. The molecule has 0 unspecified atom stereocenters. The maximum Gasteiger partial charge on any atom is 0.0493 e. The lowest BCUT2D eigenvalue weighted by molar-refractivity contribution is 1.20. The van der Waals surface area contributed by atoms with E-state index in [1.807, 2.05) is 26.3 Å². The van der Waals surface area contributed by atoms with Gasteiger partial charge < -0.3 is 0 Å². The summed E-state index contributed by atoms with van der Waals surface area (Å²) in [7, 11) is -1.01. The zero-order valence-electron chi connectivity index (χ0n) is 8.55. The van der Waals surface area contributed by atoms with Gasteiger partial charge in [-0.05, 0) is 19.4 Å². The van der Waals surface area contributed by atoms with Gasteiger partial charge in [-0.15, -0.1) is 0 Å². The molecule has 0 aromatic carbocycles. The fraction of sp³-hybridized carbons (Fsp3) is 0.500. The predicted octanol–water partition coefficient (Wildman–Crippen LogP) is 3.02. The average Bonchev–Trinajstić information content (AvgIpc) is 2.01. The molecule has 0 aliphatic carbocycles. The van der Waals surface area contributed by atoms with Crippen molar-refractivity contribution in [2.24, 2.45) is 4.99 Å². The van der Waals surface area contributed by atoms with E-state index in [1.54, 1.807) is 0 Å². The van der Waals surface area contributed by atoms with Gasteiger partial charge in [0.25, 0.3) is 0 Å². The van der Waals surface area contributed by atoms with Crippen LogP contribution in [0.1, 0.15) is 27.7 Å². The smallest absolute Gasteiger partial charge is 0.0493 e. The molecule has 12 heavy (non-hydrogen) atoms.